The Bertz CT molecular complexity index is 1150. The number of nitrogens with one attached hydrogen (secondary N) is 1. The first kappa shape index (κ1) is 17.8. The molecule has 0 atom stereocenters. The fraction of sp³-hybridized carbons (Fsp3) is 0.130. The Morgan fingerprint density at radius 1 is 1.04 bits per heavy atom. The third-order valence-corrected chi connectivity index (χ3v) is 5.04. The van der Waals surface area contributed by atoms with Crippen molar-refractivity contribution >= 4 is 28.8 Å². The SMILES string of the molecule is C=CCN1C(=O)N/C(=C/c2cc(C)n(-c3ccc4ccccc4c3)c2C)C1=O. The van der Waals surface area contributed by atoms with Crippen LogP contribution in [0.25, 0.3) is 22.5 Å². The van der Waals surface area contributed by atoms with Gasteiger partial charge in [0, 0.05) is 23.6 Å². The van der Waals surface area contributed by atoms with Crippen molar-refractivity contribution in [1.29, 1.82) is 0 Å². The van der Waals surface area contributed by atoms with Gasteiger partial charge in [0.15, 0.2) is 0 Å². The quantitative estimate of drug-likeness (QED) is 0.422. The van der Waals surface area contributed by atoms with Gasteiger partial charge in [0.05, 0.1) is 0 Å². The van der Waals surface area contributed by atoms with Gasteiger partial charge in [-0.1, -0.05) is 36.4 Å². The lowest BCUT2D eigenvalue weighted by Gasteiger charge is -2.11. The van der Waals surface area contributed by atoms with Gasteiger partial charge in [0.25, 0.3) is 5.91 Å². The van der Waals surface area contributed by atoms with Gasteiger partial charge in [-0.05, 0) is 54.5 Å². The van der Waals surface area contributed by atoms with E-state index in [4.69, 9.17) is 0 Å². The molecular weight excluding hydrogens is 350 g/mol. The maximum Gasteiger partial charge on any atom is 0.329 e. The molecule has 1 saturated heterocycles. The summed E-state index contributed by atoms with van der Waals surface area (Å²) in [5, 5.41) is 5.01. The van der Waals surface area contributed by atoms with Crippen molar-refractivity contribution in [2.45, 2.75) is 13.8 Å². The topological polar surface area (TPSA) is 54.3 Å². The Morgan fingerprint density at radius 2 is 1.79 bits per heavy atom. The maximum absolute atomic E-state index is 12.4. The molecule has 0 bridgehead atoms. The molecule has 1 aliphatic heterocycles. The molecule has 1 aliphatic rings. The second kappa shape index (κ2) is 6.85. The molecule has 140 valence electrons. The highest BCUT2D eigenvalue weighted by atomic mass is 16.2. The van der Waals surface area contributed by atoms with E-state index in [0.29, 0.717) is 0 Å². The first-order valence-corrected chi connectivity index (χ1v) is 9.13. The molecule has 2 heterocycles. The lowest BCUT2D eigenvalue weighted by atomic mass is 10.1. The fourth-order valence-corrected chi connectivity index (χ4v) is 3.67. The van der Waals surface area contributed by atoms with Gasteiger partial charge in [-0.2, -0.15) is 0 Å². The smallest absolute Gasteiger partial charge is 0.318 e. The standard InChI is InChI=1S/C23H21N3O2/c1-4-11-25-22(27)21(24-23(25)28)14-19-12-15(2)26(16(19)3)20-10-9-17-7-5-6-8-18(17)13-20/h4-10,12-14H,1,11H2,2-3H3,(H,24,28)/b21-14+. The van der Waals surface area contributed by atoms with Gasteiger partial charge in [-0.3, -0.25) is 9.69 Å². The molecule has 1 aromatic heterocycles. The highest BCUT2D eigenvalue weighted by molar-refractivity contribution is 6.14. The Morgan fingerprint density at radius 3 is 2.54 bits per heavy atom. The van der Waals surface area contributed by atoms with Gasteiger partial charge in [-0.15, -0.1) is 6.58 Å². The van der Waals surface area contributed by atoms with E-state index in [1.807, 2.05) is 32.0 Å². The Labute approximate surface area is 163 Å². The molecule has 1 N–H and O–H groups in total. The molecule has 5 heteroatoms. The van der Waals surface area contributed by atoms with E-state index in [1.54, 1.807) is 6.08 Å². The minimum Gasteiger partial charge on any atom is -0.318 e. The zero-order valence-corrected chi connectivity index (χ0v) is 15.9. The zero-order valence-electron chi connectivity index (χ0n) is 15.9. The minimum absolute atomic E-state index is 0.193. The number of carbonyl (C=O) groups is 2. The first-order valence-electron chi connectivity index (χ1n) is 9.13. The molecule has 0 spiro atoms. The van der Waals surface area contributed by atoms with E-state index < -0.39 is 6.03 Å². The molecule has 0 unspecified atom stereocenters. The van der Waals surface area contributed by atoms with Gasteiger partial charge >= 0.3 is 6.03 Å². The summed E-state index contributed by atoms with van der Waals surface area (Å²) in [6, 6.07) is 16.2. The van der Waals surface area contributed by atoms with Crippen LogP contribution in [-0.2, 0) is 4.79 Å². The molecule has 4 rings (SSSR count). The highest BCUT2D eigenvalue weighted by Crippen LogP contribution is 2.26. The number of aryl methyl sites for hydroxylation is 1. The molecule has 3 aromatic rings. The minimum atomic E-state index is -0.417. The largest absolute Gasteiger partial charge is 0.329 e. The van der Waals surface area contributed by atoms with E-state index in [9.17, 15) is 9.59 Å². The number of nitrogens with zero attached hydrogens (tertiary/aromatic N) is 2. The van der Waals surface area contributed by atoms with Crippen molar-refractivity contribution in [3.63, 3.8) is 0 Å². The van der Waals surface area contributed by atoms with E-state index >= 15 is 0 Å². The third kappa shape index (κ3) is 2.91. The van der Waals surface area contributed by atoms with Crippen molar-refractivity contribution < 1.29 is 9.59 Å². The summed E-state index contributed by atoms with van der Waals surface area (Å²) in [5.74, 6) is -0.333. The van der Waals surface area contributed by atoms with Crippen LogP contribution in [0.2, 0.25) is 0 Å². The number of rotatable bonds is 4. The second-order valence-electron chi connectivity index (χ2n) is 6.89. The first-order chi connectivity index (χ1) is 13.5. The van der Waals surface area contributed by atoms with Crippen molar-refractivity contribution in [2.75, 3.05) is 6.54 Å². The van der Waals surface area contributed by atoms with Crippen molar-refractivity contribution in [2.24, 2.45) is 0 Å². The number of imide groups is 1. The number of hydrogen-bond donors (Lipinski definition) is 1. The summed E-state index contributed by atoms with van der Waals surface area (Å²) in [6.07, 6.45) is 3.27. The summed E-state index contributed by atoms with van der Waals surface area (Å²) < 4.78 is 2.15. The predicted octanol–water partition coefficient (Wildman–Crippen LogP) is 4.33. The molecule has 2 aromatic carbocycles. The van der Waals surface area contributed by atoms with Crippen LogP contribution in [0.3, 0.4) is 0 Å². The second-order valence-corrected chi connectivity index (χ2v) is 6.89. The van der Waals surface area contributed by atoms with Crippen LogP contribution >= 0.6 is 0 Å². The molecule has 1 fully saturated rings. The maximum atomic E-state index is 12.4. The van der Waals surface area contributed by atoms with Crippen LogP contribution < -0.4 is 5.32 Å². The van der Waals surface area contributed by atoms with Crippen molar-refractivity contribution in [3.05, 3.63) is 83.8 Å². The normalized spacial score (nSPS) is 15.5. The van der Waals surface area contributed by atoms with E-state index in [2.05, 4.69) is 46.8 Å². The van der Waals surface area contributed by atoms with E-state index in [0.717, 1.165) is 27.5 Å². The number of urea groups is 1. The zero-order chi connectivity index (χ0) is 19.8. The van der Waals surface area contributed by atoms with Crippen LogP contribution in [0.15, 0.2) is 66.9 Å². The number of benzene rings is 2. The third-order valence-electron chi connectivity index (χ3n) is 5.04. The summed E-state index contributed by atoms with van der Waals surface area (Å²) in [4.78, 5) is 25.6. The Hall–Kier alpha value is -3.60. The van der Waals surface area contributed by atoms with Gasteiger partial charge < -0.3 is 9.88 Å². The number of aromatic nitrogens is 1. The average molecular weight is 371 g/mol. The molecule has 28 heavy (non-hydrogen) atoms. The van der Waals surface area contributed by atoms with Crippen LogP contribution in [0.5, 0.6) is 0 Å². The van der Waals surface area contributed by atoms with Crippen LogP contribution in [-0.4, -0.2) is 28.0 Å². The lowest BCUT2D eigenvalue weighted by molar-refractivity contribution is -0.122. The predicted molar refractivity (Wildman–Crippen MR) is 111 cm³/mol. The van der Waals surface area contributed by atoms with Crippen molar-refractivity contribution in [3.8, 4) is 5.69 Å². The molecule has 0 aliphatic carbocycles. The Kier molecular flexibility index (Phi) is 4.35. The van der Waals surface area contributed by atoms with Crippen LogP contribution in [0.1, 0.15) is 17.0 Å². The van der Waals surface area contributed by atoms with Crippen LogP contribution in [0, 0.1) is 13.8 Å². The van der Waals surface area contributed by atoms with Crippen LogP contribution in [0.4, 0.5) is 4.79 Å². The summed E-state index contributed by atoms with van der Waals surface area (Å²) in [5.41, 5.74) is 4.30. The van der Waals surface area contributed by atoms with E-state index in [-0.39, 0.29) is 18.1 Å². The number of hydrogen-bond acceptors (Lipinski definition) is 2. The highest BCUT2D eigenvalue weighted by Gasteiger charge is 2.32. The molecule has 0 radical (unpaired) electrons. The monoisotopic (exact) mass is 371 g/mol. The van der Waals surface area contributed by atoms with Gasteiger partial charge in [0.2, 0.25) is 0 Å². The summed E-state index contributed by atoms with van der Waals surface area (Å²) in [7, 11) is 0. The van der Waals surface area contributed by atoms with E-state index in [1.165, 1.54) is 16.8 Å². The Balaban J connectivity index is 1.74. The molecule has 0 saturated carbocycles. The number of fused-ring (bicyclic) bond motifs is 1. The summed E-state index contributed by atoms with van der Waals surface area (Å²) >= 11 is 0. The molecule has 3 amide bonds. The molecule has 5 nitrogen and oxygen atoms in total. The van der Waals surface area contributed by atoms with Gasteiger partial charge in [0.1, 0.15) is 5.70 Å². The van der Waals surface area contributed by atoms with Crippen molar-refractivity contribution in [1.82, 2.24) is 14.8 Å². The summed E-state index contributed by atoms with van der Waals surface area (Å²) in [6.45, 7) is 7.82. The van der Waals surface area contributed by atoms with Gasteiger partial charge in [-0.25, -0.2) is 4.79 Å². The fourth-order valence-electron chi connectivity index (χ4n) is 3.67. The number of amides is 3. The average Bonchev–Trinajstić information content (AvgIpc) is 3.11. The lowest BCUT2D eigenvalue weighted by Crippen LogP contribution is -2.30. The molecular formula is C23H21N3O2. The number of carbonyl (C=O) groups excluding carboxylic acids is 2.